The summed E-state index contributed by atoms with van der Waals surface area (Å²) in [7, 11) is 1.70. The summed E-state index contributed by atoms with van der Waals surface area (Å²) in [6, 6.07) is 2.93. The van der Waals surface area contributed by atoms with Crippen molar-refractivity contribution in [1.82, 2.24) is 9.47 Å². The molecule has 1 heterocycles. The third-order valence-corrected chi connectivity index (χ3v) is 4.31. The predicted molar refractivity (Wildman–Crippen MR) is 79.4 cm³/mol. The van der Waals surface area contributed by atoms with Crippen LogP contribution in [0, 0.1) is 0 Å². The number of aliphatic hydroxyl groups excluding tert-OH is 1. The first-order valence-corrected chi connectivity index (χ1v) is 7.58. The summed E-state index contributed by atoms with van der Waals surface area (Å²) in [4.78, 5) is 25.5. The molecule has 1 aliphatic carbocycles. The molecule has 20 heavy (non-hydrogen) atoms. The Labute approximate surface area is 126 Å². The van der Waals surface area contributed by atoms with E-state index in [-0.39, 0.29) is 24.1 Å². The third-order valence-electron chi connectivity index (χ3n) is 3.84. The van der Waals surface area contributed by atoms with Crippen LogP contribution in [-0.4, -0.2) is 39.7 Å². The Hall–Kier alpha value is -1.14. The lowest BCUT2D eigenvalue weighted by atomic mass is 9.91. The molecular formula is C14H19BrN2O3. The minimum atomic E-state index is -0.461. The van der Waals surface area contributed by atoms with Crippen LogP contribution in [0.4, 0.5) is 0 Å². The van der Waals surface area contributed by atoms with Crippen molar-refractivity contribution < 1.29 is 9.90 Å². The van der Waals surface area contributed by atoms with Crippen molar-refractivity contribution in [1.29, 1.82) is 0 Å². The van der Waals surface area contributed by atoms with E-state index in [4.69, 9.17) is 0 Å². The van der Waals surface area contributed by atoms with Crippen LogP contribution in [0.15, 0.2) is 27.6 Å². The van der Waals surface area contributed by atoms with Gasteiger partial charge in [-0.2, -0.15) is 0 Å². The number of rotatable bonds is 3. The molecule has 2 unspecified atom stereocenters. The van der Waals surface area contributed by atoms with Crippen molar-refractivity contribution >= 4 is 21.8 Å². The SMILES string of the molecule is CN(C(=O)Cn1cc(Br)ccc1=O)C1CCCCC1O. The number of likely N-dealkylation sites (N-methyl/N-ethyl adjacent to an activating group) is 1. The van der Waals surface area contributed by atoms with Crippen molar-refractivity contribution in [2.45, 2.75) is 44.4 Å². The van der Waals surface area contributed by atoms with Gasteiger partial charge in [0.05, 0.1) is 12.1 Å². The predicted octanol–water partition coefficient (Wildman–Crippen LogP) is 1.37. The number of pyridine rings is 1. The Morgan fingerprint density at radius 3 is 2.85 bits per heavy atom. The summed E-state index contributed by atoms with van der Waals surface area (Å²) in [5.41, 5.74) is -0.209. The average Bonchev–Trinajstić information content (AvgIpc) is 2.42. The second-order valence-electron chi connectivity index (χ2n) is 5.24. The van der Waals surface area contributed by atoms with Crippen LogP contribution in [-0.2, 0) is 11.3 Å². The summed E-state index contributed by atoms with van der Waals surface area (Å²) < 4.78 is 2.13. The van der Waals surface area contributed by atoms with Crippen molar-refractivity contribution in [2.75, 3.05) is 7.05 Å². The standard InChI is InChI=1S/C14H19BrN2O3/c1-16(11-4-2-3-5-12(11)18)14(20)9-17-8-10(15)6-7-13(17)19/h6-8,11-12,18H,2-5,9H2,1H3. The second-order valence-corrected chi connectivity index (χ2v) is 6.15. The molecule has 1 saturated carbocycles. The zero-order valence-corrected chi connectivity index (χ0v) is 13.0. The van der Waals surface area contributed by atoms with Gasteiger partial charge in [-0.3, -0.25) is 9.59 Å². The summed E-state index contributed by atoms with van der Waals surface area (Å²) in [5.74, 6) is -0.156. The minimum Gasteiger partial charge on any atom is -0.391 e. The number of nitrogens with zero attached hydrogens (tertiary/aromatic N) is 2. The van der Waals surface area contributed by atoms with E-state index in [0.717, 1.165) is 30.2 Å². The molecule has 1 aromatic rings. The highest BCUT2D eigenvalue weighted by molar-refractivity contribution is 9.10. The van der Waals surface area contributed by atoms with Gasteiger partial charge in [0.2, 0.25) is 5.91 Å². The van der Waals surface area contributed by atoms with E-state index >= 15 is 0 Å². The molecule has 2 rings (SSSR count). The van der Waals surface area contributed by atoms with Crippen LogP contribution in [0.5, 0.6) is 0 Å². The first kappa shape index (κ1) is 15.3. The van der Waals surface area contributed by atoms with Gasteiger partial charge in [0.25, 0.3) is 5.56 Å². The molecule has 1 aromatic heterocycles. The second kappa shape index (κ2) is 6.54. The van der Waals surface area contributed by atoms with E-state index in [1.807, 2.05) is 0 Å². The van der Waals surface area contributed by atoms with Crippen LogP contribution < -0.4 is 5.56 Å². The zero-order chi connectivity index (χ0) is 14.7. The largest absolute Gasteiger partial charge is 0.391 e. The monoisotopic (exact) mass is 342 g/mol. The van der Waals surface area contributed by atoms with E-state index in [9.17, 15) is 14.7 Å². The fourth-order valence-corrected chi connectivity index (χ4v) is 2.99. The Balaban J connectivity index is 2.07. The maximum atomic E-state index is 12.3. The number of carbonyl (C=O) groups is 1. The number of aliphatic hydroxyl groups is 1. The molecule has 110 valence electrons. The van der Waals surface area contributed by atoms with Crippen molar-refractivity contribution in [3.63, 3.8) is 0 Å². The molecular weight excluding hydrogens is 324 g/mol. The molecule has 6 heteroatoms. The Morgan fingerprint density at radius 1 is 1.45 bits per heavy atom. The quantitative estimate of drug-likeness (QED) is 0.902. The molecule has 1 amide bonds. The Morgan fingerprint density at radius 2 is 2.15 bits per heavy atom. The van der Waals surface area contributed by atoms with E-state index in [1.165, 1.54) is 10.6 Å². The van der Waals surface area contributed by atoms with Gasteiger partial charge in [-0.1, -0.05) is 12.8 Å². The third kappa shape index (κ3) is 3.49. The Kier molecular flexibility index (Phi) is 4.99. The lowest BCUT2D eigenvalue weighted by Crippen LogP contribution is -2.47. The van der Waals surface area contributed by atoms with Gasteiger partial charge in [0, 0.05) is 23.8 Å². The van der Waals surface area contributed by atoms with E-state index < -0.39 is 6.10 Å². The summed E-state index contributed by atoms with van der Waals surface area (Å²) >= 11 is 3.28. The van der Waals surface area contributed by atoms with E-state index in [0.29, 0.717) is 0 Å². The van der Waals surface area contributed by atoms with Crippen LogP contribution in [0.25, 0.3) is 0 Å². The summed E-state index contributed by atoms with van der Waals surface area (Å²) in [6.45, 7) is -0.00199. The number of amides is 1. The van der Waals surface area contributed by atoms with Gasteiger partial charge in [-0.25, -0.2) is 0 Å². The van der Waals surface area contributed by atoms with Gasteiger partial charge < -0.3 is 14.6 Å². The number of hydrogen-bond donors (Lipinski definition) is 1. The van der Waals surface area contributed by atoms with Gasteiger partial charge in [-0.05, 0) is 34.8 Å². The number of hydrogen-bond acceptors (Lipinski definition) is 3. The van der Waals surface area contributed by atoms with Crippen molar-refractivity contribution in [3.8, 4) is 0 Å². The van der Waals surface area contributed by atoms with Gasteiger partial charge in [0.15, 0.2) is 0 Å². The number of aromatic nitrogens is 1. The molecule has 5 nitrogen and oxygen atoms in total. The fourth-order valence-electron chi connectivity index (χ4n) is 2.61. The highest BCUT2D eigenvalue weighted by Gasteiger charge is 2.29. The molecule has 2 atom stereocenters. The lowest BCUT2D eigenvalue weighted by Gasteiger charge is -2.35. The normalized spacial score (nSPS) is 22.6. The fraction of sp³-hybridized carbons (Fsp3) is 0.571. The molecule has 0 spiro atoms. The molecule has 0 radical (unpaired) electrons. The molecule has 1 aliphatic rings. The van der Waals surface area contributed by atoms with E-state index in [2.05, 4.69) is 15.9 Å². The number of halogens is 1. The lowest BCUT2D eigenvalue weighted by molar-refractivity contribution is -0.136. The van der Waals surface area contributed by atoms with Crippen LogP contribution in [0.3, 0.4) is 0 Å². The first-order chi connectivity index (χ1) is 9.49. The zero-order valence-electron chi connectivity index (χ0n) is 11.5. The maximum Gasteiger partial charge on any atom is 0.251 e. The van der Waals surface area contributed by atoms with E-state index in [1.54, 1.807) is 24.2 Å². The van der Waals surface area contributed by atoms with Crippen LogP contribution in [0.2, 0.25) is 0 Å². The highest BCUT2D eigenvalue weighted by atomic mass is 79.9. The molecule has 1 N–H and O–H groups in total. The average molecular weight is 343 g/mol. The van der Waals surface area contributed by atoms with Crippen molar-refractivity contribution in [3.05, 3.63) is 33.2 Å². The summed E-state index contributed by atoms with van der Waals surface area (Å²) in [5, 5.41) is 9.98. The number of carbonyl (C=O) groups excluding carboxylic acids is 1. The smallest absolute Gasteiger partial charge is 0.251 e. The summed E-state index contributed by atoms with van der Waals surface area (Å²) in [6.07, 6.45) is 4.72. The highest BCUT2D eigenvalue weighted by Crippen LogP contribution is 2.22. The maximum absolute atomic E-state index is 12.3. The minimum absolute atomic E-state index is 0.00199. The Bertz CT molecular complexity index is 543. The topological polar surface area (TPSA) is 62.5 Å². The van der Waals surface area contributed by atoms with Gasteiger partial charge in [-0.15, -0.1) is 0 Å². The molecule has 0 saturated heterocycles. The molecule has 1 fully saturated rings. The van der Waals surface area contributed by atoms with Crippen LogP contribution in [0.1, 0.15) is 25.7 Å². The molecule has 0 aromatic carbocycles. The van der Waals surface area contributed by atoms with Crippen LogP contribution >= 0.6 is 15.9 Å². The van der Waals surface area contributed by atoms with Gasteiger partial charge >= 0.3 is 0 Å². The first-order valence-electron chi connectivity index (χ1n) is 6.79. The van der Waals surface area contributed by atoms with Gasteiger partial charge in [0.1, 0.15) is 6.54 Å². The molecule has 0 bridgehead atoms. The van der Waals surface area contributed by atoms with Crippen molar-refractivity contribution in [2.24, 2.45) is 0 Å². The molecule has 0 aliphatic heterocycles.